The second kappa shape index (κ2) is 8.82. The fourth-order valence-corrected chi connectivity index (χ4v) is 2.56. The molecule has 0 N–H and O–H groups in total. The molecule has 0 amide bonds. The van der Waals surface area contributed by atoms with Crippen molar-refractivity contribution in [3.05, 3.63) is 69.8 Å². The smallest absolute Gasteiger partial charge is 0.313 e. The lowest BCUT2D eigenvalue weighted by molar-refractivity contribution is -0.385. The van der Waals surface area contributed by atoms with Gasteiger partial charge in [-0.1, -0.05) is 37.3 Å². The van der Waals surface area contributed by atoms with Gasteiger partial charge in [0, 0.05) is 5.56 Å². The second-order valence-electron chi connectivity index (χ2n) is 5.46. The van der Waals surface area contributed by atoms with Crippen LogP contribution in [0, 0.1) is 10.1 Å². The Labute approximate surface area is 146 Å². The number of rotatable bonds is 8. The van der Waals surface area contributed by atoms with Gasteiger partial charge >= 0.3 is 5.97 Å². The molecule has 0 saturated heterocycles. The van der Waals surface area contributed by atoms with Gasteiger partial charge in [0.05, 0.1) is 23.5 Å². The average Bonchev–Trinajstić information content (AvgIpc) is 2.62. The molecule has 2 aromatic rings. The molecule has 25 heavy (non-hydrogen) atoms. The number of hydrogen-bond acceptors (Lipinski definition) is 5. The molecule has 0 aromatic heterocycles. The van der Waals surface area contributed by atoms with Crippen molar-refractivity contribution in [3.8, 4) is 5.75 Å². The minimum absolute atomic E-state index is 0.134. The van der Waals surface area contributed by atoms with E-state index in [4.69, 9.17) is 9.47 Å². The molecule has 0 saturated carbocycles. The SMILES string of the molecule is CCOC(=O)C(CC)c1ccc(OCc2ccccc2)cc1[N+](=O)[O-]. The summed E-state index contributed by atoms with van der Waals surface area (Å²) in [7, 11) is 0. The summed E-state index contributed by atoms with van der Waals surface area (Å²) < 4.78 is 10.7. The number of carbonyl (C=O) groups is 1. The van der Waals surface area contributed by atoms with E-state index in [0.29, 0.717) is 24.3 Å². The lowest BCUT2D eigenvalue weighted by Crippen LogP contribution is -2.16. The zero-order valence-electron chi connectivity index (χ0n) is 14.3. The summed E-state index contributed by atoms with van der Waals surface area (Å²) in [5, 5.41) is 11.4. The van der Waals surface area contributed by atoms with Gasteiger partial charge in [-0.15, -0.1) is 0 Å². The van der Waals surface area contributed by atoms with Crippen LogP contribution in [0.5, 0.6) is 5.75 Å². The number of nitrogens with zero attached hydrogens (tertiary/aromatic N) is 1. The molecule has 1 atom stereocenters. The Morgan fingerprint density at radius 3 is 2.48 bits per heavy atom. The van der Waals surface area contributed by atoms with Crippen LogP contribution in [-0.4, -0.2) is 17.5 Å². The van der Waals surface area contributed by atoms with Gasteiger partial charge in [0.2, 0.25) is 0 Å². The van der Waals surface area contributed by atoms with Gasteiger partial charge in [0.1, 0.15) is 12.4 Å². The highest BCUT2D eigenvalue weighted by Gasteiger charge is 2.28. The topological polar surface area (TPSA) is 78.7 Å². The van der Waals surface area contributed by atoms with E-state index in [1.807, 2.05) is 30.3 Å². The first-order valence-electron chi connectivity index (χ1n) is 8.18. The molecule has 6 nitrogen and oxygen atoms in total. The first-order chi connectivity index (χ1) is 12.1. The third kappa shape index (κ3) is 4.79. The molecule has 6 heteroatoms. The minimum Gasteiger partial charge on any atom is -0.489 e. The zero-order chi connectivity index (χ0) is 18.2. The first kappa shape index (κ1) is 18.4. The number of carbonyl (C=O) groups excluding carboxylic acids is 1. The lowest BCUT2D eigenvalue weighted by atomic mass is 9.95. The monoisotopic (exact) mass is 343 g/mol. The van der Waals surface area contributed by atoms with E-state index in [1.54, 1.807) is 26.0 Å². The molecule has 0 heterocycles. The molecule has 2 rings (SSSR count). The van der Waals surface area contributed by atoms with Crippen molar-refractivity contribution in [1.82, 2.24) is 0 Å². The van der Waals surface area contributed by atoms with Crippen LogP contribution in [0.4, 0.5) is 5.69 Å². The zero-order valence-corrected chi connectivity index (χ0v) is 14.3. The van der Waals surface area contributed by atoms with Crippen LogP contribution >= 0.6 is 0 Å². The molecule has 0 aliphatic rings. The van der Waals surface area contributed by atoms with Crippen LogP contribution in [0.2, 0.25) is 0 Å². The predicted octanol–water partition coefficient (Wildman–Crippen LogP) is 4.23. The van der Waals surface area contributed by atoms with Gasteiger partial charge in [0.15, 0.2) is 0 Å². The molecule has 0 fully saturated rings. The molecule has 0 aliphatic heterocycles. The molecule has 0 radical (unpaired) electrons. The Balaban J connectivity index is 2.24. The fraction of sp³-hybridized carbons (Fsp3) is 0.316. The van der Waals surface area contributed by atoms with Crippen molar-refractivity contribution in [3.63, 3.8) is 0 Å². The van der Waals surface area contributed by atoms with Crippen LogP contribution in [-0.2, 0) is 16.1 Å². The molecule has 132 valence electrons. The number of ether oxygens (including phenoxy) is 2. The summed E-state index contributed by atoms with van der Waals surface area (Å²) in [5.41, 5.74) is 1.18. The van der Waals surface area contributed by atoms with Crippen LogP contribution in [0.1, 0.15) is 37.3 Å². The third-order valence-corrected chi connectivity index (χ3v) is 3.80. The summed E-state index contributed by atoms with van der Waals surface area (Å²) >= 11 is 0. The average molecular weight is 343 g/mol. The van der Waals surface area contributed by atoms with E-state index in [0.717, 1.165) is 5.56 Å². The van der Waals surface area contributed by atoms with Crippen molar-refractivity contribution >= 4 is 11.7 Å². The maximum absolute atomic E-state index is 12.1. The predicted molar refractivity (Wildman–Crippen MR) is 93.5 cm³/mol. The maximum atomic E-state index is 12.1. The van der Waals surface area contributed by atoms with Gasteiger partial charge in [-0.25, -0.2) is 0 Å². The van der Waals surface area contributed by atoms with Crippen LogP contribution in [0.25, 0.3) is 0 Å². The number of nitro groups is 1. The van der Waals surface area contributed by atoms with Gasteiger partial charge < -0.3 is 9.47 Å². The highest BCUT2D eigenvalue weighted by atomic mass is 16.6. The molecule has 2 aromatic carbocycles. The van der Waals surface area contributed by atoms with E-state index in [-0.39, 0.29) is 12.3 Å². The molecule has 0 bridgehead atoms. The Kier molecular flexibility index (Phi) is 6.51. The van der Waals surface area contributed by atoms with Crippen molar-refractivity contribution in [2.45, 2.75) is 32.8 Å². The van der Waals surface area contributed by atoms with Crippen molar-refractivity contribution < 1.29 is 19.2 Å². The Bertz CT molecular complexity index is 730. The van der Waals surface area contributed by atoms with E-state index in [9.17, 15) is 14.9 Å². The van der Waals surface area contributed by atoms with E-state index >= 15 is 0 Å². The summed E-state index contributed by atoms with van der Waals surface area (Å²) in [6, 6.07) is 14.1. The third-order valence-electron chi connectivity index (χ3n) is 3.80. The second-order valence-corrected chi connectivity index (χ2v) is 5.46. The maximum Gasteiger partial charge on any atom is 0.313 e. The van der Waals surface area contributed by atoms with Crippen LogP contribution in [0.3, 0.4) is 0 Å². The highest BCUT2D eigenvalue weighted by molar-refractivity contribution is 5.80. The fourth-order valence-electron chi connectivity index (χ4n) is 2.56. The van der Waals surface area contributed by atoms with Gasteiger partial charge in [0.25, 0.3) is 5.69 Å². The van der Waals surface area contributed by atoms with Gasteiger partial charge in [-0.05, 0) is 31.0 Å². The van der Waals surface area contributed by atoms with E-state index < -0.39 is 16.8 Å². The van der Waals surface area contributed by atoms with Gasteiger partial charge in [-0.3, -0.25) is 14.9 Å². The highest BCUT2D eigenvalue weighted by Crippen LogP contribution is 2.33. The Morgan fingerprint density at radius 1 is 1.16 bits per heavy atom. The molecule has 0 aliphatic carbocycles. The summed E-state index contributed by atoms with van der Waals surface area (Å²) in [6.07, 6.45) is 0.421. The standard InChI is InChI=1S/C19H21NO5/c1-3-16(19(21)24-4-2)17-11-10-15(12-18(17)20(22)23)25-13-14-8-6-5-7-9-14/h5-12,16H,3-4,13H2,1-2H3. The quantitative estimate of drug-likeness (QED) is 0.407. The number of hydrogen-bond donors (Lipinski definition) is 0. The summed E-state index contributed by atoms with van der Waals surface area (Å²) in [5.74, 6) is -0.729. The molecular weight excluding hydrogens is 322 g/mol. The minimum atomic E-state index is -0.663. The number of benzene rings is 2. The van der Waals surface area contributed by atoms with E-state index in [2.05, 4.69) is 0 Å². The first-order valence-corrected chi connectivity index (χ1v) is 8.18. The number of nitro benzene ring substituents is 1. The van der Waals surface area contributed by atoms with Crippen molar-refractivity contribution in [2.75, 3.05) is 6.61 Å². The number of esters is 1. The molecule has 1 unspecified atom stereocenters. The summed E-state index contributed by atoms with van der Waals surface area (Å²) in [6.45, 7) is 4.05. The van der Waals surface area contributed by atoms with Gasteiger partial charge in [-0.2, -0.15) is 0 Å². The molecular formula is C19H21NO5. The Morgan fingerprint density at radius 2 is 1.88 bits per heavy atom. The van der Waals surface area contributed by atoms with Crippen LogP contribution in [0.15, 0.2) is 48.5 Å². The van der Waals surface area contributed by atoms with Crippen molar-refractivity contribution in [1.29, 1.82) is 0 Å². The van der Waals surface area contributed by atoms with Crippen LogP contribution < -0.4 is 4.74 Å². The normalized spacial score (nSPS) is 11.6. The summed E-state index contributed by atoms with van der Waals surface area (Å²) in [4.78, 5) is 23.0. The molecule has 0 spiro atoms. The van der Waals surface area contributed by atoms with E-state index in [1.165, 1.54) is 6.07 Å². The lowest BCUT2D eigenvalue weighted by Gasteiger charge is -2.15. The van der Waals surface area contributed by atoms with Crippen molar-refractivity contribution in [2.24, 2.45) is 0 Å². The Hall–Kier alpha value is -2.89. The largest absolute Gasteiger partial charge is 0.489 e.